The minimum absolute atomic E-state index is 0.711. The molecule has 0 fully saturated rings. The maximum atomic E-state index is 10.8. The maximum Gasteiger partial charge on any atom is 0.328 e. The van der Waals surface area contributed by atoms with E-state index in [1.807, 2.05) is 67.6 Å². The first-order valence-electron chi connectivity index (χ1n) is 9.93. The number of hydrogen-bond acceptors (Lipinski definition) is 5. The Balaban J connectivity index is 1.79. The van der Waals surface area contributed by atoms with Gasteiger partial charge >= 0.3 is 5.97 Å². The molecule has 5 nitrogen and oxygen atoms in total. The average molecular weight is 447 g/mol. The number of carboxylic acids is 1. The van der Waals surface area contributed by atoms with E-state index in [9.17, 15) is 4.79 Å². The Bertz CT molecular complexity index is 1300. The molecular formula is C26H22O5S. The van der Waals surface area contributed by atoms with E-state index in [0.29, 0.717) is 5.75 Å². The summed E-state index contributed by atoms with van der Waals surface area (Å²) in [6.07, 6.45) is 2.69. The molecule has 4 aromatic rings. The van der Waals surface area contributed by atoms with Crippen LogP contribution in [0.25, 0.3) is 26.6 Å². The number of ether oxygens (including phenoxy) is 3. The molecule has 0 aliphatic heterocycles. The lowest BCUT2D eigenvalue weighted by Gasteiger charge is -2.12. The summed E-state index contributed by atoms with van der Waals surface area (Å²) in [5, 5.41) is 9.85. The van der Waals surface area contributed by atoms with E-state index < -0.39 is 5.97 Å². The fourth-order valence-electron chi connectivity index (χ4n) is 3.38. The van der Waals surface area contributed by atoms with Gasteiger partial charge in [-0.15, -0.1) is 11.3 Å². The summed E-state index contributed by atoms with van der Waals surface area (Å²) in [5.74, 6) is 2.09. The molecule has 0 radical (unpaired) electrons. The van der Waals surface area contributed by atoms with Crippen LogP contribution in [0.15, 0.2) is 66.7 Å². The molecule has 0 spiro atoms. The molecule has 32 heavy (non-hydrogen) atoms. The third-order valence-corrected chi connectivity index (χ3v) is 6.22. The van der Waals surface area contributed by atoms with Gasteiger partial charge < -0.3 is 19.3 Å². The van der Waals surface area contributed by atoms with Gasteiger partial charge in [0.2, 0.25) is 0 Å². The van der Waals surface area contributed by atoms with Crippen LogP contribution in [0.2, 0.25) is 0 Å². The highest BCUT2D eigenvalue weighted by Gasteiger charge is 2.18. The molecule has 0 aliphatic rings. The summed E-state index contributed by atoms with van der Waals surface area (Å²) in [5.41, 5.74) is 2.73. The third-order valence-electron chi connectivity index (χ3n) is 5.03. The van der Waals surface area contributed by atoms with Gasteiger partial charge in [0.25, 0.3) is 0 Å². The first-order valence-corrected chi connectivity index (χ1v) is 10.7. The number of thiophene rings is 1. The van der Waals surface area contributed by atoms with Crippen LogP contribution in [0.1, 0.15) is 11.1 Å². The second-order valence-electron chi connectivity index (χ2n) is 7.15. The summed E-state index contributed by atoms with van der Waals surface area (Å²) < 4.78 is 18.2. The molecule has 0 bridgehead atoms. The van der Waals surface area contributed by atoms with Gasteiger partial charge in [0.15, 0.2) is 5.75 Å². The highest BCUT2D eigenvalue weighted by Crippen LogP contribution is 2.47. The number of fused-ring (bicyclic) bond motifs is 1. The van der Waals surface area contributed by atoms with Crippen LogP contribution >= 0.6 is 11.3 Å². The summed E-state index contributed by atoms with van der Waals surface area (Å²) >= 11 is 1.64. The number of rotatable bonds is 7. The van der Waals surface area contributed by atoms with Gasteiger partial charge in [-0.3, -0.25) is 0 Å². The lowest BCUT2D eigenvalue weighted by molar-refractivity contribution is -0.131. The fraction of sp³-hybridized carbons (Fsp3) is 0.115. The highest BCUT2D eigenvalue weighted by molar-refractivity contribution is 7.22. The predicted molar refractivity (Wildman–Crippen MR) is 128 cm³/mol. The van der Waals surface area contributed by atoms with Crippen LogP contribution in [0.4, 0.5) is 0 Å². The van der Waals surface area contributed by atoms with Crippen LogP contribution in [-0.2, 0) is 4.79 Å². The van der Waals surface area contributed by atoms with E-state index in [0.717, 1.165) is 55.0 Å². The zero-order valence-electron chi connectivity index (χ0n) is 17.9. The summed E-state index contributed by atoms with van der Waals surface area (Å²) in [4.78, 5) is 11.8. The lowest BCUT2D eigenvalue weighted by Crippen LogP contribution is -1.90. The molecule has 3 aromatic carbocycles. The maximum absolute atomic E-state index is 10.8. The first kappa shape index (κ1) is 21.5. The molecule has 0 aliphatic carbocycles. The van der Waals surface area contributed by atoms with Crippen molar-refractivity contribution in [2.24, 2.45) is 0 Å². The number of hydrogen-bond donors (Lipinski definition) is 1. The molecule has 4 rings (SSSR count). The van der Waals surface area contributed by atoms with Crippen LogP contribution in [0, 0.1) is 6.92 Å². The SMILES string of the molecule is COc1ccc(-c2sc3cc(OC)ccc3c2Oc2ccc(/C=C/C(=O)O)cc2C)cc1. The average Bonchev–Trinajstić information content (AvgIpc) is 3.16. The number of methoxy groups -OCH3 is 2. The topological polar surface area (TPSA) is 65.0 Å². The van der Waals surface area contributed by atoms with Crippen molar-refractivity contribution in [1.29, 1.82) is 0 Å². The highest BCUT2D eigenvalue weighted by atomic mass is 32.1. The van der Waals surface area contributed by atoms with E-state index in [1.165, 1.54) is 0 Å². The van der Waals surface area contributed by atoms with Crippen LogP contribution in [0.5, 0.6) is 23.0 Å². The van der Waals surface area contributed by atoms with Crippen LogP contribution in [0.3, 0.4) is 0 Å². The van der Waals surface area contributed by atoms with E-state index in [2.05, 4.69) is 0 Å². The standard InChI is InChI=1S/C26H22O5S/c1-16-14-17(5-13-24(27)28)4-12-22(16)31-25-21-11-10-20(30-3)15-23(21)32-26(25)18-6-8-19(29-2)9-7-18/h4-15H,1-3H3,(H,27,28)/b13-5+. The van der Waals surface area contributed by atoms with Crippen molar-refractivity contribution in [2.45, 2.75) is 6.92 Å². The number of benzene rings is 3. The van der Waals surface area contributed by atoms with Gasteiger partial charge in [-0.05, 0) is 84.3 Å². The molecule has 1 heterocycles. The normalized spacial score (nSPS) is 11.1. The Morgan fingerprint density at radius 1 is 0.938 bits per heavy atom. The van der Waals surface area contributed by atoms with E-state index in [-0.39, 0.29) is 0 Å². The van der Waals surface area contributed by atoms with Gasteiger partial charge in [-0.2, -0.15) is 0 Å². The third kappa shape index (κ3) is 4.45. The molecule has 0 amide bonds. The number of carbonyl (C=O) groups is 1. The molecule has 0 atom stereocenters. The fourth-order valence-corrected chi connectivity index (χ4v) is 4.55. The molecule has 6 heteroatoms. The van der Waals surface area contributed by atoms with Gasteiger partial charge in [0.05, 0.1) is 19.1 Å². The summed E-state index contributed by atoms with van der Waals surface area (Å²) in [7, 11) is 3.30. The van der Waals surface area contributed by atoms with Gasteiger partial charge in [-0.25, -0.2) is 4.79 Å². The quantitative estimate of drug-likeness (QED) is 0.317. The van der Waals surface area contributed by atoms with Gasteiger partial charge in [-0.1, -0.05) is 6.07 Å². The van der Waals surface area contributed by atoms with Crippen molar-refractivity contribution < 1.29 is 24.1 Å². The van der Waals surface area contributed by atoms with Gasteiger partial charge in [0.1, 0.15) is 17.2 Å². The zero-order chi connectivity index (χ0) is 22.7. The van der Waals surface area contributed by atoms with Crippen LogP contribution < -0.4 is 14.2 Å². The summed E-state index contributed by atoms with van der Waals surface area (Å²) in [6.45, 7) is 1.94. The molecule has 0 saturated carbocycles. The van der Waals surface area contributed by atoms with Crippen molar-refractivity contribution in [3.63, 3.8) is 0 Å². The minimum Gasteiger partial charge on any atom is -0.497 e. The Hall–Kier alpha value is -3.77. The Kier molecular flexibility index (Phi) is 6.14. The smallest absolute Gasteiger partial charge is 0.328 e. The van der Waals surface area contributed by atoms with Crippen molar-refractivity contribution in [1.82, 2.24) is 0 Å². The molecular weight excluding hydrogens is 424 g/mol. The molecule has 0 unspecified atom stereocenters. The molecule has 1 aromatic heterocycles. The van der Waals surface area contributed by atoms with Crippen molar-refractivity contribution in [3.05, 3.63) is 77.9 Å². The van der Waals surface area contributed by atoms with Crippen molar-refractivity contribution in [3.8, 4) is 33.4 Å². The zero-order valence-corrected chi connectivity index (χ0v) is 18.7. The molecule has 162 valence electrons. The Morgan fingerprint density at radius 2 is 1.66 bits per heavy atom. The number of aryl methyl sites for hydroxylation is 1. The van der Waals surface area contributed by atoms with E-state index in [4.69, 9.17) is 19.3 Å². The second kappa shape index (κ2) is 9.16. The number of aliphatic carboxylic acids is 1. The lowest BCUT2D eigenvalue weighted by atomic mass is 10.1. The largest absolute Gasteiger partial charge is 0.497 e. The first-order chi connectivity index (χ1) is 15.5. The van der Waals surface area contributed by atoms with Crippen molar-refractivity contribution in [2.75, 3.05) is 14.2 Å². The Morgan fingerprint density at radius 3 is 2.31 bits per heavy atom. The molecule has 1 N–H and O–H groups in total. The predicted octanol–water partition coefficient (Wildman–Crippen LogP) is 6.78. The minimum atomic E-state index is -0.979. The summed E-state index contributed by atoms with van der Waals surface area (Å²) in [6, 6.07) is 19.4. The second-order valence-corrected chi connectivity index (χ2v) is 8.20. The van der Waals surface area contributed by atoms with E-state index in [1.54, 1.807) is 31.6 Å². The van der Waals surface area contributed by atoms with Crippen molar-refractivity contribution >= 4 is 33.5 Å². The Labute approximate surface area is 190 Å². The van der Waals surface area contributed by atoms with Crippen LogP contribution in [-0.4, -0.2) is 25.3 Å². The van der Waals surface area contributed by atoms with E-state index >= 15 is 0 Å². The monoisotopic (exact) mass is 446 g/mol. The molecule has 0 saturated heterocycles. The number of carboxylic acid groups (broad SMARTS) is 1. The van der Waals surface area contributed by atoms with Gasteiger partial charge in [0, 0.05) is 16.2 Å².